The average Bonchev–Trinajstić information content (AvgIpc) is 2.73. The Morgan fingerprint density at radius 2 is 1.04 bits per heavy atom. The first-order valence-corrected chi connectivity index (χ1v) is 9.75. The highest BCUT2D eigenvalue weighted by Crippen LogP contribution is 2.38. The Bertz CT molecular complexity index is 659. The van der Waals surface area contributed by atoms with Crippen LogP contribution in [0, 0.1) is 0 Å². The molecule has 0 heterocycles. The Balaban J connectivity index is 0.00000261. The SMILES string of the molecule is CCCCCNCC(c1ccccc1)(c1ccccc1)c1ccccc1.O. The van der Waals surface area contributed by atoms with Gasteiger partial charge in [0.05, 0.1) is 5.41 Å². The fourth-order valence-electron chi connectivity index (χ4n) is 3.75. The van der Waals surface area contributed by atoms with Gasteiger partial charge in [-0.25, -0.2) is 0 Å². The highest BCUT2D eigenvalue weighted by atomic mass is 16.0. The number of hydrogen-bond donors (Lipinski definition) is 1. The first kappa shape index (κ1) is 20.9. The van der Waals surface area contributed by atoms with Gasteiger partial charge in [0.15, 0.2) is 0 Å². The second-order valence-corrected chi connectivity index (χ2v) is 6.89. The van der Waals surface area contributed by atoms with Crippen LogP contribution in [0.2, 0.25) is 0 Å². The van der Waals surface area contributed by atoms with Crippen molar-refractivity contribution in [1.82, 2.24) is 5.32 Å². The summed E-state index contributed by atoms with van der Waals surface area (Å²) >= 11 is 0. The number of hydrogen-bond acceptors (Lipinski definition) is 1. The van der Waals surface area contributed by atoms with Crippen molar-refractivity contribution in [2.75, 3.05) is 13.1 Å². The molecule has 3 aromatic rings. The maximum Gasteiger partial charge on any atom is 0.0575 e. The molecular weight excluding hydrogens is 330 g/mol. The van der Waals surface area contributed by atoms with E-state index >= 15 is 0 Å². The molecule has 2 heteroatoms. The zero-order valence-corrected chi connectivity index (χ0v) is 16.2. The zero-order chi connectivity index (χ0) is 18.1. The molecular formula is C25H31NO. The summed E-state index contributed by atoms with van der Waals surface area (Å²) in [6.45, 7) is 4.21. The Morgan fingerprint density at radius 3 is 1.41 bits per heavy atom. The molecule has 3 N–H and O–H groups in total. The third-order valence-electron chi connectivity index (χ3n) is 5.15. The molecule has 0 saturated heterocycles. The lowest BCUT2D eigenvalue weighted by atomic mass is 9.69. The number of rotatable bonds is 9. The fraction of sp³-hybridized carbons (Fsp3) is 0.280. The maximum atomic E-state index is 3.76. The normalized spacial score (nSPS) is 11.0. The molecule has 0 amide bonds. The summed E-state index contributed by atoms with van der Waals surface area (Å²) in [6.07, 6.45) is 3.76. The van der Waals surface area contributed by atoms with Crippen LogP contribution < -0.4 is 5.32 Å². The molecule has 0 bridgehead atoms. The molecule has 0 unspecified atom stereocenters. The molecule has 0 aromatic heterocycles. The van der Waals surface area contributed by atoms with Crippen LogP contribution in [0.5, 0.6) is 0 Å². The van der Waals surface area contributed by atoms with Crippen LogP contribution in [0.1, 0.15) is 42.9 Å². The molecule has 0 radical (unpaired) electrons. The van der Waals surface area contributed by atoms with Gasteiger partial charge in [-0.3, -0.25) is 0 Å². The van der Waals surface area contributed by atoms with Gasteiger partial charge in [-0.1, -0.05) is 111 Å². The van der Waals surface area contributed by atoms with Gasteiger partial charge in [-0.15, -0.1) is 0 Å². The summed E-state index contributed by atoms with van der Waals surface area (Å²) in [6, 6.07) is 32.7. The summed E-state index contributed by atoms with van der Waals surface area (Å²) in [5.41, 5.74) is 3.82. The van der Waals surface area contributed by atoms with Gasteiger partial charge in [-0.2, -0.15) is 0 Å². The standard InChI is InChI=1S/C25H29N.H2O/c1-2-3-13-20-26-21-25(22-14-7-4-8-15-22,23-16-9-5-10-17-23)24-18-11-6-12-19-24;/h4-12,14-19,26H,2-3,13,20-21H2,1H3;1H2. The van der Waals surface area contributed by atoms with E-state index in [9.17, 15) is 0 Å². The third kappa shape index (κ3) is 4.85. The first-order valence-electron chi connectivity index (χ1n) is 9.75. The van der Waals surface area contributed by atoms with Gasteiger partial charge in [0.1, 0.15) is 0 Å². The summed E-state index contributed by atoms with van der Waals surface area (Å²) in [4.78, 5) is 0. The number of nitrogens with one attached hydrogen (secondary N) is 1. The fourth-order valence-corrected chi connectivity index (χ4v) is 3.75. The molecule has 0 aliphatic heterocycles. The van der Waals surface area contributed by atoms with Crippen molar-refractivity contribution in [3.63, 3.8) is 0 Å². The van der Waals surface area contributed by atoms with Gasteiger partial charge in [-0.05, 0) is 29.7 Å². The first-order chi connectivity index (χ1) is 12.9. The molecule has 0 atom stereocenters. The Labute approximate surface area is 163 Å². The van der Waals surface area contributed by atoms with Crippen LogP contribution >= 0.6 is 0 Å². The van der Waals surface area contributed by atoms with E-state index in [0.29, 0.717) is 0 Å². The van der Waals surface area contributed by atoms with Gasteiger partial charge in [0, 0.05) is 6.54 Å². The van der Waals surface area contributed by atoms with E-state index in [1.54, 1.807) is 0 Å². The number of unbranched alkanes of at least 4 members (excludes halogenated alkanes) is 2. The van der Waals surface area contributed by atoms with Crippen LogP contribution in [0.15, 0.2) is 91.0 Å². The van der Waals surface area contributed by atoms with Crippen molar-refractivity contribution in [3.05, 3.63) is 108 Å². The summed E-state index contributed by atoms with van der Waals surface area (Å²) < 4.78 is 0. The van der Waals surface area contributed by atoms with E-state index in [-0.39, 0.29) is 10.9 Å². The van der Waals surface area contributed by atoms with E-state index in [1.807, 2.05) is 0 Å². The van der Waals surface area contributed by atoms with Gasteiger partial charge < -0.3 is 10.8 Å². The maximum absolute atomic E-state index is 3.76. The van der Waals surface area contributed by atoms with Gasteiger partial charge >= 0.3 is 0 Å². The minimum absolute atomic E-state index is 0. The molecule has 0 aliphatic carbocycles. The second kappa shape index (κ2) is 10.7. The molecule has 142 valence electrons. The molecule has 0 saturated carbocycles. The monoisotopic (exact) mass is 361 g/mol. The van der Waals surface area contributed by atoms with E-state index in [0.717, 1.165) is 13.1 Å². The van der Waals surface area contributed by atoms with Crippen molar-refractivity contribution in [1.29, 1.82) is 0 Å². The van der Waals surface area contributed by atoms with Crippen LogP contribution in [0.4, 0.5) is 0 Å². The van der Waals surface area contributed by atoms with Gasteiger partial charge in [0.2, 0.25) is 0 Å². The van der Waals surface area contributed by atoms with E-state index in [4.69, 9.17) is 0 Å². The molecule has 0 aliphatic rings. The Hall–Kier alpha value is -2.42. The largest absolute Gasteiger partial charge is 0.412 e. The topological polar surface area (TPSA) is 43.5 Å². The highest BCUT2D eigenvalue weighted by molar-refractivity contribution is 5.50. The zero-order valence-electron chi connectivity index (χ0n) is 16.2. The van der Waals surface area contributed by atoms with E-state index in [1.165, 1.54) is 36.0 Å². The smallest absolute Gasteiger partial charge is 0.0575 e. The van der Waals surface area contributed by atoms with Crippen LogP contribution in [-0.4, -0.2) is 18.6 Å². The predicted octanol–water partition coefficient (Wildman–Crippen LogP) is 4.98. The van der Waals surface area contributed by atoms with Crippen molar-refractivity contribution in [2.24, 2.45) is 0 Å². The lowest BCUT2D eigenvalue weighted by molar-refractivity contribution is 0.518. The van der Waals surface area contributed by atoms with Crippen LogP contribution in [-0.2, 0) is 5.41 Å². The average molecular weight is 362 g/mol. The molecule has 27 heavy (non-hydrogen) atoms. The van der Waals surface area contributed by atoms with Crippen molar-refractivity contribution in [2.45, 2.75) is 31.6 Å². The summed E-state index contributed by atoms with van der Waals surface area (Å²) in [5.74, 6) is 0. The van der Waals surface area contributed by atoms with Gasteiger partial charge in [0.25, 0.3) is 0 Å². The predicted molar refractivity (Wildman–Crippen MR) is 115 cm³/mol. The van der Waals surface area contributed by atoms with Crippen molar-refractivity contribution < 1.29 is 5.48 Å². The Morgan fingerprint density at radius 1 is 0.630 bits per heavy atom. The van der Waals surface area contributed by atoms with Crippen LogP contribution in [0.25, 0.3) is 0 Å². The molecule has 0 fully saturated rings. The number of benzene rings is 3. The van der Waals surface area contributed by atoms with Crippen LogP contribution in [0.3, 0.4) is 0 Å². The summed E-state index contributed by atoms with van der Waals surface area (Å²) in [5, 5.41) is 3.76. The molecule has 0 spiro atoms. The van der Waals surface area contributed by atoms with Crippen molar-refractivity contribution >= 4 is 0 Å². The minimum atomic E-state index is -0.185. The molecule has 3 rings (SSSR count). The lowest BCUT2D eigenvalue weighted by Gasteiger charge is -2.36. The third-order valence-corrected chi connectivity index (χ3v) is 5.15. The minimum Gasteiger partial charge on any atom is -0.412 e. The highest BCUT2D eigenvalue weighted by Gasteiger charge is 2.35. The lowest BCUT2D eigenvalue weighted by Crippen LogP contribution is -2.40. The summed E-state index contributed by atoms with van der Waals surface area (Å²) in [7, 11) is 0. The van der Waals surface area contributed by atoms with E-state index < -0.39 is 0 Å². The quantitative estimate of drug-likeness (QED) is 0.424. The van der Waals surface area contributed by atoms with E-state index in [2.05, 4.69) is 103 Å². The molecule has 2 nitrogen and oxygen atoms in total. The van der Waals surface area contributed by atoms with Crippen molar-refractivity contribution in [3.8, 4) is 0 Å². The molecule has 3 aromatic carbocycles. The second-order valence-electron chi connectivity index (χ2n) is 6.89. The Kier molecular flexibility index (Phi) is 8.25.